The van der Waals surface area contributed by atoms with E-state index in [1.807, 2.05) is 7.05 Å². The maximum Gasteiger partial charge on any atom is 0.0697 e. The number of H-pyrrole nitrogens is 1. The lowest BCUT2D eigenvalue weighted by Crippen LogP contribution is -2.36. The number of nitrogens with one attached hydrogen (secondary N) is 2. The van der Waals surface area contributed by atoms with E-state index < -0.39 is 0 Å². The fourth-order valence-electron chi connectivity index (χ4n) is 3.92. The van der Waals surface area contributed by atoms with Crippen LogP contribution in [0.5, 0.6) is 0 Å². The van der Waals surface area contributed by atoms with Gasteiger partial charge in [-0.05, 0) is 39.8 Å². The van der Waals surface area contributed by atoms with E-state index in [9.17, 15) is 0 Å². The van der Waals surface area contributed by atoms with Gasteiger partial charge in [-0.2, -0.15) is 5.10 Å². The first-order valence-corrected chi connectivity index (χ1v) is 8.97. The molecule has 6 nitrogen and oxygen atoms in total. The van der Waals surface area contributed by atoms with Gasteiger partial charge in [0.15, 0.2) is 0 Å². The van der Waals surface area contributed by atoms with Crippen LogP contribution in [0.4, 0.5) is 0 Å². The Bertz CT molecular complexity index is 461. The van der Waals surface area contributed by atoms with Gasteiger partial charge in [-0.15, -0.1) is 0 Å². The Morgan fingerprint density at radius 3 is 2.54 bits per heavy atom. The number of methoxy groups -OCH3 is 2. The molecule has 1 aliphatic rings. The molecule has 1 heterocycles. The quantitative estimate of drug-likeness (QED) is 0.683. The zero-order valence-electron chi connectivity index (χ0n) is 15.7. The molecule has 0 atom stereocenters. The van der Waals surface area contributed by atoms with E-state index in [-0.39, 0.29) is 5.41 Å². The second-order valence-electron chi connectivity index (χ2n) is 7.28. The molecular formula is C18H34N4O2. The summed E-state index contributed by atoms with van der Waals surface area (Å²) in [6, 6.07) is 0. The highest BCUT2D eigenvalue weighted by atomic mass is 16.5. The molecule has 24 heavy (non-hydrogen) atoms. The van der Waals surface area contributed by atoms with Crippen LogP contribution in [0.1, 0.15) is 42.9 Å². The Hall–Kier alpha value is -0.950. The minimum atomic E-state index is 0.181. The van der Waals surface area contributed by atoms with Crippen molar-refractivity contribution in [1.29, 1.82) is 0 Å². The van der Waals surface area contributed by atoms with Crippen molar-refractivity contribution in [2.24, 2.45) is 5.41 Å². The summed E-state index contributed by atoms with van der Waals surface area (Å²) in [4.78, 5) is 2.34. The average Bonchev–Trinajstić information content (AvgIpc) is 3.02. The van der Waals surface area contributed by atoms with Gasteiger partial charge < -0.3 is 19.7 Å². The largest absolute Gasteiger partial charge is 0.384 e. The number of aromatic nitrogens is 2. The van der Waals surface area contributed by atoms with Crippen LogP contribution < -0.4 is 5.32 Å². The van der Waals surface area contributed by atoms with Crippen molar-refractivity contribution in [3.8, 4) is 0 Å². The summed E-state index contributed by atoms with van der Waals surface area (Å²) in [5.74, 6) is 0.547. The zero-order valence-corrected chi connectivity index (χ0v) is 15.7. The minimum absolute atomic E-state index is 0.181. The van der Waals surface area contributed by atoms with Crippen molar-refractivity contribution < 1.29 is 9.47 Å². The highest BCUT2D eigenvalue weighted by Gasteiger charge is 2.37. The third-order valence-corrected chi connectivity index (χ3v) is 5.27. The fraction of sp³-hybridized carbons (Fsp3) is 0.833. The zero-order chi connectivity index (χ0) is 17.4. The predicted molar refractivity (Wildman–Crippen MR) is 96.2 cm³/mol. The molecule has 1 aliphatic carbocycles. The van der Waals surface area contributed by atoms with Crippen LogP contribution in [0.3, 0.4) is 0 Å². The van der Waals surface area contributed by atoms with Crippen LogP contribution in [-0.2, 0) is 16.0 Å². The van der Waals surface area contributed by atoms with Gasteiger partial charge in [-0.3, -0.25) is 5.10 Å². The first kappa shape index (κ1) is 19.4. The van der Waals surface area contributed by atoms with Gasteiger partial charge in [-0.25, -0.2) is 0 Å². The highest BCUT2D eigenvalue weighted by Crippen LogP contribution is 2.43. The molecule has 1 aromatic rings. The lowest BCUT2D eigenvalue weighted by atomic mass is 9.70. The Kier molecular flexibility index (Phi) is 7.68. The molecule has 0 spiro atoms. The first-order chi connectivity index (χ1) is 11.6. The van der Waals surface area contributed by atoms with Gasteiger partial charge in [0.05, 0.1) is 18.9 Å². The van der Waals surface area contributed by atoms with Gasteiger partial charge in [0, 0.05) is 56.9 Å². The lowest BCUT2D eigenvalue weighted by Gasteiger charge is -2.39. The van der Waals surface area contributed by atoms with E-state index in [0.717, 1.165) is 58.5 Å². The molecule has 0 amide bonds. The van der Waals surface area contributed by atoms with Crippen molar-refractivity contribution >= 4 is 0 Å². The molecule has 0 radical (unpaired) electrons. The van der Waals surface area contributed by atoms with Gasteiger partial charge >= 0.3 is 0 Å². The molecule has 0 aromatic carbocycles. The van der Waals surface area contributed by atoms with Crippen LogP contribution in [0.25, 0.3) is 0 Å². The summed E-state index contributed by atoms with van der Waals surface area (Å²) in [6.45, 7) is 4.56. The molecule has 1 aromatic heterocycles. The summed E-state index contributed by atoms with van der Waals surface area (Å²) in [7, 11) is 7.73. The topological polar surface area (TPSA) is 62.4 Å². The first-order valence-electron chi connectivity index (χ1n) is 8.97. The van der Waals surface area contributed by atoms with Gasteiger partial charge in [0.25, 0.3) is 0 Å². The van der Waals surface area contributed by atoms with Crippen LogP contribution in [0.2, 0.25) is 0 Å². The summed E-state index contributed by atoms with van der Waals surface area (Å²) < 4.78 is 10.9. The van der Waals surface area contributed by atoms with E-state index in [1.165, 1.54) is 11.3 Å². The van der Waals surface area contributed by atoms with Crippen LogP contribution >= 0.6 is 0 Å². The molecule has 6 heteroatoms. The highest BCUT2D eigenvalue weighted by molar-refractivity contribution is 5.21. The van der Waals surface area contributed by atoms with E-state index in [2.05, 4.69) is 33.7 Å². The van der Waals surface area contributed by atoms with E-state index in [4.69, 9.17) is 9.47 Å². The van der Waals surface area contributed by atoms with Crippen molar-refractivity contribution in [3.05, 3.63) is 17.5 Å². The normalized spacial score (nSPS) is 18.4. The summed E-state index contributed by atoms with van der Waals surface area (Å²) in [5, 5.41) is 10.9. The Morgan fingerprint density at radius 2 is 1.96 bits per heavy atom. The molecule has 1 saturated carbocycles. The number of nitrogens with zero attached hydrogens (tertiary/aromatic N) is 2. The molecule has 0 bridgehead atoms. The van der Waals surface area contributed by atoms with E-state index >= 15 is 0 Å². The Balaban J connectivity index is 1.95. The third-order valence-electron chi connectivity index (χ3n) is 5.27. The van der Waals surface area contributed by atoms with Gasteiger partial charge in [0.1, 0.15) is 0 Å². The van der Waals surface area contributed by atoms with Crippen molar-refractivity contribution in [1.82, 2.24) is 20.4 Å². The fourth-order valence-corrected chi connectivity index (χ4v) is 3.92. The maximum absolute atomic E-state index is 5.46. The third kappa shape index (κ3) is 5.02. The average molecular weight is 338 g/mol. The van der Waals surface area contributed by atoms with Crippen molar-refractivity contribution in [2.75, 3.05) is 54.6 Å². The molecule has 2 N–H and O–H groups in total. The molecule has 0 aliphatic heterocycles. The van der Waals surface area contributed by atoms with Crippen molar-refractivity contribution in [2.45, 2.75) is 38.1 Å². The number of hydrogen-bond acceptors (Lipinski definition) is 5. The van der Waals surface area contributed by atoms with Crippen molar-refractivity contribution in [3.63, 3.8) is 0 Å². The van der Waals surface area contributed by atoms with E-state index in [0.29, 0.717) is 5.92 Å². The standard InChI is InChI=1S/C18H34N4O2/c1-19-9-10-22(2)12-16-11-20-21-17(16)15-5-7-18(8-6-15,13-23-3)14-24-4/h11,15,19H,5-10,12-14H2,1-4H3,(H,20,21). The second kappa shape index (κ2) is 9.51. The lowest BCUT2D eigenvalue weighted by molar-refractivity contribution is -0.0172. The maximum atomic E-state index is 5.46. The number of ether oxygens (including phenoxy) is 2. The SMILES string of the molecule is CNCCN(C)Cc1c[nH]nc1C1CCC(COC)(COC)CC1. The summed E-state index contributed by atoms with van der Waals surface area (Å²) in [5.41, 5.74) is 2.78. The van der Waals surface area contributed by atoms with Gasteiger partial charge in [0.2, 0.25) is 0 Å². The van der Waals surface area contributed by atoms with Crippen LogP contribution in [-0.4, -0.2) is 69.7 Å². The predicted octanol–water partition coefficient (Wildman–Crippen LogP) is 2.00. The van der Waals surface area contributed by atoms with E-state index in [1.54, 1.807) is 14.2 Å². The van der Waals surface area contributed by atoms with Crippen LogP contribution in [0, 0.1) is 5.41 Å². The molecule has 0 unspecified atom stereocenters. The number of rotatable bonds is 10. The molecule has 138 valence electrons. The Morgan fingerprint density at radius 1 is 1.29 bits per heavy atom. The minimum Gasteiger partial charge on any atom is -0.384 e. The number of likely N-dealkylation sites (N-methyl/N-ethyl adjacent to an activating group) is 2. The smallest absolute Gasteiger partial charge is 0.0697 e. The molecule has 2 rings (SSSR count). The Labute approximate surface area is 146 Å². The summed E-state index contributed by atoms with van der Waals surface area (Å²) >= 11 is 0. The van der Waals surface area contributed by atoms with Crippen LogP contribution in [0.15, 0.2) is 6.20 Å². The number of aromatic amines is 1. The summed E-state index contributed by atoms with van der Waals surface area (Å²) in [6.07, 6.45) is 6.66. The molecular weight excluding hydrogens is 304 g/mol. The second-order valence-corrected chi connectivity index (χ2v) is 7.28. The number of hydrogen-bond donors (Lipinski definition) is 2. The molecule has 1 fully saturated rings. The molecule has 0 saturated heterocycles. The van der Waals surface area contributed by atoms with Gasteiger partial charge in [-0.1, -0.05) is 0 Å². The monoisotopic (exact) mass is 338 g/mol.